The van der Waals surface area contributed by atoms with Gasteiger partial charge in [0.2, 0.25) is 18.2 Å². The monoisotopic (exact) mass is 378 g/mol. The van der Waals surface area contributed by atoms with E-state index in [1.807, 2.05) is 24.3 Å². The van der Waals surface area contributed by atoms with Crippen LogP contribution in [-0.4, -0.2) is 46.5 Å². The number of likely N-dealkylation sites (tertiary alicyclic amines) is 1. The van der Waals surface area contributed by atoms with Crippen LogP contribution >= 0.6 is 11.6 Å². The first-order valence-electron chi connectivity index (χ1n) is 8.46. The number of halogens is 1. The van der Waals surface area contributed by atoms with Gasteiger partial charge in [0.05, 0.1) is 5.92 Å². The highest BCUT2D eigenvalue weighted by molar-refractivity contribution is 6.30. The maximum Gasteiger partial charge on any atom is 0.224 e. The van der Waals surface area contributed by atoms with Gasteiger partial charge < -0.3 is 14.7 Å². The van der Waals surface area contributed by atoms with Crippen LogP contribution in [0, 0.1) is 12.8 Å². The Hall–Kier alpha value is -2.41. The molecule has 2 heterocycles. The topological polar surface area (TPSA) is 88.3 Å². The molecule has 3 rings (SSSR count). The Morgan fingerprint density at radius 1 is 1.35 bits per heavy atom. The van der Waals surface area contributed by atoms with E-state index in [1.54, 1.807) is 18.7 Å². The molecule has 1 saturated heterocycles. The van der Waals surface area contributed by atoms with Crippen molar-refractivity contribution in [2.24, 2.45) is 5.92 Å². The summed E-state index contributed by atoms with van der Waals surface area (Å²) in [6, 6.07) is 7.62. The van der Waals surface area contributed by atoms with Crippen molar-refractivity contribution in [1.29, 1.82) is 0 Å². The maximum atomic E-state index is 12.0. The molecule has 2 amide bonds. The maximum absolute atomic E-state index is 12.0. The van der Waals surface area contributed by atoms with Gasteiger partial charge in [0, 0.05) is 31.6 Å². The lowest BCUT2D eigenvalue weighted by molar-refractivity contribution is -0.128. The van der Waals surface area contributed by atoms with Crippen molar-refractivity contribution in [2.75, 3.05) is 19.6 Å². The predicted molar refractivity (Wildman–Crippen MR) is 97.6 cm³/mol. The Balaban J connectivity index is 0.000000342. The van der Waals surface area contributed by atoms with Crippen LogP contribution in [-0.2, 0) is 16.0 Å². The third kappa shape index (κ3) is 6.48. The van der Waals surface area contributed by atoms with Gasteiger partial charge in [-0.25, -0.2) is 0 Å². The van der Waals surface area contributed by atoms with Crippen LogP contribution in [0.2, 0.25) is 5.02 Å². The van der Waals surface area contributed by atoms with Crippen molar-refractivity contribution >= 4 is 23.4 Å². The number of amides is 2. The highest BCUT2D eigenvalue weighted by atomic mass is 35.5. The quantitative estimate of drug-likeness (QED) is 0.881. The van der Waals surface area contributed by atoms with Crippen molar-refractivity contribution < 1.29 is 14.1 Å². The van der Waals surface area contributed by atoms with Crippen molar-refractivity contribution in [3.63, 3.8) is 0 Å². The Morgan fingerprint density at radius 2 is 2.08 bits per heavy atom. The van der Waals surface area contributed by atoms with E-state index in [4.69, 9.17) is 11.6 Å². The third-order valence-electron chi connectivity index (χ3n) is 4.10. The zero-order chi connectivity index (χ0) is 18.9. The van der Waals surface area contributed by atoms with Crippen LogP contribution in [0.15, 0.2) is 35.2 Å². The van der Waals surface area contributed by atoms with E-state index in [1.165, 1.54) is 6.39 Å². The molecular weight excluding hydrogens is 356 g/mol. The molecule has 1 fully saturated rings. The highest BCUT2D eigenvalue weighted by Crippen LogP contribution is 2.16. The lowest BCUT2D eigenvalue weighted by Gasteiger charge is -2.14. The fourth-order valence-corrected chi connectivity index (χ4v) is 2.73. The SMILES string of the molecule is CC(=O)N1CCC(C(=O)NCCc2ccc(Cl)cc2)C1.Cc1ncon1. The van der Waals surface area contributed by atoms with Gasteiger partial charge in [-0.3, -0.25) is 9.59 Å². The molecule has 26 heavy (non-hydrogen) atoms. The van der Waals surface area contributed by atoms with E-state index in [2.05, 4.69) is 20.0 Å². The van der Waals surface area contributed by atoms with Crippen molar-refractivity contribution in [3.05, 3.63) is 47.1 Å². The second-order valence-corrected chi connectivity index (χ2v) is 6.53. The molecule has 1 N–H and O–H groups in total. The summed E-state index contributed by atoms with van der Waals surface area (Å²) in [6.45, 7) is 5.15. The number of carbonyl (C=O) groups is 2. The standard InChI is InChI=1S/C15H19ClN2O2.C3H4N2O/c1-11(19)18-9-7-13(10-18)15(20)17-8-6-12-2-4-14(16)5-3-12;1-3-4-2-6-5-3/h2-5,13H,6-10H2,1H3,(H,17,20);2H,1H3. The summed E-state index contributed by atoms with van der Waals surface area (Å²) in [7, 11) is 0. The molecule has 0 aliphatic carbocycles. The Kier molecular flexibility index (Phi) is 7.59. The molecule has 0 spiro atoms. The molecule has 1 aliphatic rings. The molecular formula is C18H23ClN4O3. The van der Waals surface area contributed by atoms with E-state index in [9.17, 15) is 9.59 Å². The van der Waals surface area contributed by atoms with Crippen LogP contribution in [0.1, 0.15) is 24.7 Å². The number of nitrogens with one attached hydrogen (secondary N) is 1. The van der Waals surface area contributed by atoms with Gasteiger partial charge >= 0.3 is 0 Å². The Morgan fingerprint density at radius 3 is 2.58 bits per heavy atom. The second-order valence-electron chi connectivity index (χ2n) is 6.10. The molecule has 1 aromatic carbocycles. The van der Waals surface area contributed by atoms with E-state index in [0.29, 0.717) is 30.5 Å². The smallest absolute Gasteiger partial charge is 0.224 e. The van der Waals surface area contributed by atoms with E-state index in [-0.39, 0.29) is 17.7 Å². The minimum absolute atomic E-state index is 0.0430. The fourth-order valence-electron chi connectivity index (χ4n) is 2.61. The minimum atomic E-state index is -0.0656. The summed E-state index contributed by atoms with van der Waals surface area (Å²) in [5, 5.41) is 7.08. The minimum Gasteiger partial charge on any atom is -0.355 e. The van der Waals surface area contributed by atoms with Crippen molar-refractivity contribution in [1.82, 2.24) is 20.4 Å². The van der Waals surface area contributed by atoms with Crippen molar-refractivity contribution in [3.8, 4) is 0 Å². The van der Waals surface area contributed by atoms with Crippen LogP contribution in [0.25, 0.3) is 0 Å². The van der Waals surface area contributed by atoms with Crippen LogP contribution < -0.4 is 5.32 Å². The number of nitrogens with zero attached hydrogens (tertiary/aromatic N) is 3. The number of benzene rings is 1. The average Bonchev–Trinajstić information content (AvgIpc) is 3.28. The number of hydrogen-bond donors (Lipinski definition) is 1. The molecule has 0 saturated carbocycles. The van der Waals surface area contributed by atoms with Crippen molar-refractivity contribution in [2.45, 2.75) is 26.7 Å². The molecule has 2 aromatic rings. The van der Waals surface area contributed by atoms with Gasteiger partial charge in [0.15, 0.2) is 5.82 Å². The second kappa shape index (κ2) is 9.91. The summed E-state index contributed by atoms with van der Waals surface area (Å²) < 4.78 is 4.35. The normalized spacial score (nSPS) is 16.0. The molecule has 7 nitrogen and oxygen atoms in total. The van der Waals surface area contributed by atoms with Gasteiger partial charge in [-0.05, 0) is 37.5 Å². The zero-order valence-electron chi connectivity index (χ0n) is 14.9. The molecule has 8 heteroatoms. The summed E-state index contributed by atoms with van der Waals surface area (Å²) >= 11 is 5.82. The fraction of sp³-hybridized carbons (Fsp3) is 0.444. The molecule has 0 bridgehead atoms. The van der Waals surface area contributed by atoms with Gasteiger partial charge in [-0.1, -0.05) is 28.9 Å². The molecule has 0 radical (unpaired) electrons. The van der Waals surface area contributed by atoms with Gasteiger partial charge in [0.25, 0.3) is 0 Å². The average molecular weight is 379 g/mol. The Labute approximate surface area is 157 Å². The predicted octanol–water partition coefficient (Wildman–Crippen LogP) is 2.25. The largest absolute Gasteiger partial charge is 0.355 e. The Bertz CT molecular complexity index is 704. The summed E-state index contributed by atoms with van der Waals surface area (Å²) in [4.78, 5) is 28.6. The summed E-state index contributed by atoms with van der Waals surface area (Å²) in [6.07, 6.45) is 2.84. The molecule has 1 unspecified atom stereocenters. The van der Waals surface area contributed by atoms with Gasteiger partial charge in [0.1, 0.15) is 0 Å². The molecule has 1 aromatic heterocycles. The number of rotatable bonds is 4. The number of carbonyl (C=O) groups excluding carboxylic acids is 2. The van der Waals surface area contributed by atoms with Crippen LogP contribution in [0.5, 0.6) is 0 Å². The highest BCUT2D eigenvalue weighted by Gasteiger charge is 2.29. The molecule has 1 aliphatic heterocycles. The van der Waals surface area contributed by atoms with E-state index in [0.717, 1.165) is 18.4 Å². The summed E-state index contributed by atoms with van der Waals surface area (Å²) in [5.41, 5.74) is 1.14. The lowest BCUT2D eigenvalue weighted by atomic mass is 10.1. The van der Waals surface area contributed by atoms with Gasteiger partial charge in [-0.2, -0.15) is 4.98 Å². The third-order valence-corrected chi connectivity index (χ3v) is 4.35. The van der Waals surface area contributed by atoms with Crippen LogP contribution in [0.3, 0.4) is 0 Å². The first kappa shape index (κ1) is 19.9. The first-order chi connectivity index (χ1) is 12.5. The molecule has 140 valence electrons. The summed E-state index contributed by atoms with van der Waals surface area (Å²) in [5.74, 6) is 0.697. The van der Waals surface area contributed by atoms with E-state index >= 15 is 0 Å². The lowest BCUT2D eigenvalue weighted by Crippen LogP contribution is -2.34. The number of aromatic nitrogens is 2. The van der Waals surface area contributed by atoms with E-state index < -0.39 is 0 Å². The number of aryl methyl sites for hydroxylation is 1. The number of hydrogen-bond acceptors (Lipinski definition) is 5. The zero-order valence-corrected chi connectivity index (χ0v) is 15.7. The first-order valence-corrected chi connectivity index (χ1v) is 8.84. The van der Waals surface area contributed by atoms with Gasteiger partial charge in [-0.15, -0.1) is 0 Å². The molecule has 1 atom stereocenters. The van der Waals surface area contributed by atoms with Crippen LogP contribution in [0.4, 0.5) is 0 Å².